The van der Waals surface area contributed by atoms with Crippen molar-refractivity contribution < 1.29 is 0 Å². The highest BCUT2D eigenvalue weighted by Gasteiger charge is 2.05. The van der Waals surface area contributed by atoms with Crippen molar-refractivity contribution in [2.45, 2.75) is 33.2 Å². The Balaban J connectivity index is 2.51. The van der Waals surface area contributed by atoms with Crippen molar-refractivity contribution >= 4 is 0 Å². The number of benzene rings is 1. The van der Waals surface area contributed by atoms with E-state index in [2.05, 4.69) is 57.0 Å². The van der Waals surface area contributed by atoms with Gasteiger partial charge in [-0.15, -0.1) is 0 Å². The molecule has 0 saturated heterocycles. The van der Waals surface area contributed by atoms with Crippen molar-refractivity contribution in [3.8, 4) is 0 Å². The van der Waals surface area contributed by atoms with Crippen molar-refractivity contribution in [1.82, 2.24) is 4.90 Å². The van der Waals surface area contributed by atoms with Gasteiger partial charge in [0, 0.05) is 13.1 Å². The van der Waals surface area contributed by atoms with E-state index in [1.54, 1.807) is 0 Å². The molecule has 0 spiro atoms. The minimum atomic E-state index is 0.565. The third kappa shape index (κ3) is 4.88. The minimum Gasteiger partial charge on any atom is -0.330 e. The first-order chi connectivity index (χ1) is 8.02. The summed E-state index contributed by atoms with van der Waals surface area (Å²) in [7, 11) is 2.16. The van der Waals surface area contributed by atoms with Gasteiger partial charge in [0.15, 0.2) is 0 Å². The summed E-state index contributed by atoms with van der Waals surface area (Å²) in [5.41, 5.74) is 8.43. The first kappa shape index (κ1) is 14.2. The Labute approximate surface area is 106 Å². The summed E-state index contributed by atoms with van der Waals surface area (Å²) in [6, 6.07) is 8.94. The quantitative estimate of drug-likeness (QED) is 0.820. The Kier molecular flexibility index (Phi) is 5.66. The Bertz CT molecular complexity index is 316. The highest BCUT2D eigenvalue weighted by Crippen LogP contribution is 2.15. The van der Waals surface area contributed by atoms with Crippen LogP contribution in [0.2, 0.25) is 0 Å². The second-order valence-electron chi connectivity index (χ2n) is 5.43. The van der Waals surface area contributed by atoms with Crippen LogP contribution in [-0.4, -0.2) is 25.0 Å². The number of hydrogen-bond donors (Lipinski definition) is 1. The molecule has 1 rings (SSSR count). The fourth-order valence-electron chi connectivity index (χ4n) is 1.99. The molecule has 1 atom stereocenters. The molecule has 0 fully saturated rings. The van der Waals surface area contributed by atoms with Gasteiger partial charge in [0.05, 0.1) is 0 Å². The van der Waals surface area contributed by atoms with E-state index < -0.39 is 0 Å². The van der Waals surface area contributed by atoms with Crippen LogP contribution in [0.3, 0.4) is 0 Å². The molecule has 0 aliphatic rings. The maximum absolute atomic E-state index is 5.64. The van der Waals surface area contributed by atoms with E-state index in [1.165, 1.54) is 11.1 Å². The first-order valence-corrected chi connectivity index (χ1v) is 6.50. The molecule has 0 aliphatic carbocycles. The first-order valence-electron chi connectivity index (χ1n) is 6.50. The van der Waals surface area contributed by atoms with Gasteiger partial charge >= 0.3 is 0 Å². The highest BCUT2D eigenvalue weighted by molar-refractivity contribution is 5.24. The summed E-state index contributed by atoms with van der Waals surface area (Å²) in [5.74, 6) is 1.17. The predicted molar refractivity (Wildman–Crippen MR) is 75.1 cm³/mol. The Morgan fingerprint density at radius 3 is 2.18 bits per heavy atom. The third-order valence-corrected chi connectivity index (χ3v) is 3.12. The molecule has 0 bridgehead atoms. The van der Waals surface area contributed by atoms with Gasteiger partial charge in [-0.1, -0.05) is 45.0 Å². The van der Waals surface area contributed by atoms with E-state index in [9.17, 15) is 0 Å². The summed E-state index contributed by atoms with van der Waals surface area (Å²) in [5, 5.41) is 0. The molecule has 0 amide bonds. The smallest absolute Gasteiger partial charge is 0.0230 e. The fourth-order valence-corrected chi connectivity index (χ4v) is 1.99. The molecule has 1 aromatic carbocycles. The van der Waals surface area contributed by atoms with E-state index in [0.29, 0.717) is 11.8 Å². The summed E-state index contributed by atoms with van der Waals surface area (Å²) >= 11 is 0. The van der Waals surface area contributed by atoms with Gasteiger partial charge < -0.3 is 10.6 Å². The maximum atomic E-state index is 5.64. The zero-order valence-electron chi connectivity index (χ0n) is 11.6. The molecule has 17 heavy (non-hydrogen) atoms. The topological polar surface area (TPSA) is 29.3 Å². The lowest BCUT2D eigenvalue weighted by Gasteiger charge is -2.20. The second-order valence-corrected chi connectivity index (χ2v) is 5.43. The van der Waals surface area contributed by atoms with Crippen molar-refractivity contribution in [2.24, 2.45) is 11.7 Å². The van der Waals surface area contributed by atoms with E-state index in [4.69, 9.17) is 5.73 Å². The van der Waals surface area contributed by atoms with Crippen LogP contribution in [0, 0.1) is 5.92 Å². The summed E-state index contributed by atoms with van der Waals surface area (Å²) in [6.07, 6.45) is 0. The van der Waals surface area contributed by atoms with Crippen LogP contribution in [-0.2, 0) is 6.54 Å². The van der Waals surface area contributed by atoms with Gasteiger partial charge in [0.1, 0.15) is 0 Å². The molecule has 0 aliphatic heterocycles. The van der Waals surface area contributed by atoms with E-state index >= 15 is 0 Å². The molecule has 96 valence electrons. The van der Waals surface area contributed by atoms with Gasteiger partial charge in [-0.05, 0) is 36.6 Å². The molecule has 2 heteroatoms. The molecule has 2 N–H and O–H groups in total. The third-order valence-electron chi connectivity index (χ3n) is 3.12. The molecule has 2 nitrogen and oxygen atoms in total. The van der Waals surface area contributed by atoms with Gasteiger partial charge in [-0.2, -0.15) is 0 Å². The van der Waals surface area contributed by atoms with Crippen LogP contribution in [0.1, 0.15) is 37.8 Å². The van der Waals surface area contributed by atoms with Crippen LogP contribution in [0.5, 0.6) is 0 Å². The molecule has 0 aromatic heterocycles. The fraction of sp³-hybridized carbons (Fsp3) is 0.600. The largest absolute Gasteiger partial charge is 0.330 e. The zero-order valence-corrected chi connectivity index (χ0v) is 11.6. The van der Waals surface area contributed by atoms with Crippen LogP contribution in [0.25, 0.3) is 0 Å². The van der Waals surface area contributed by atoms with Gasteiger partial charge in [0.2, 0.25) is 0 Å². The summed E-state index contributed by atoms with van der Waals surface area (Å²) in [6.45, 7) is 9.47. The standard InChI is InChI=1S/C15H26N2/c1-12(2)15-7-5-14(6-8-15)11-17(4)10-13(3)9-16/h5-8,12-13H,9-11,16H2,1-4H3. The van der Waals surface area contributed by atoms with Crippen LogP contribution in [0.15, 0.2) is 24.3 Å². The van der Waals surface area contributed by atoms with Crippen molar-refractivity contribution in [3.05, 3.63) is 35.4 Å². The van der Waals surface area contributed by atoms with Gasteiger partial charge in [-0.25, -0.2) is 0 Å². The normalized spacial score (nSPS) is 13.4. The lowest BCUT2D eigenvalue weighted by atomic mass is 10.0. The monoisotopic (exact) mass is 234 g/mol. The Morgan fingerprint density at radius 1 is 1.12 bits per heavy atom. The minimum absolute atomic E-state index is 0.565. The predicted octanol–water partition coefficient (Wildman–Crippen LogP) is 2.84. The van der Waals surface area contributed by atoms with Gasteiger partial charge in [-0.3, -0.25) is 0 Å². The van der Waals surface area contributed by atoms with E-state index in [1.807, 2.05) is 0 Å². The lowest BCUT2D eigenvalue weighted by Crippen LogP contribution is -2.28. The summed E-state index contributed by atoms with van der Waals surface area (Å²) < 4.78 is 0. The number of hydrogen-bond acceptors (Lipinski definition) is 2. The SMILES string of the molecule is CC(CN)CN(C)Cc1ccc(C(C)C)cc1. The molecular formula is C15H26N2. The van der Waals surface area contributed by atoms with E-state index in [0.717, 1.165) is 19.6 Å². The average Bonchev–Trinajstić information content (AvgIpc) is 2.29. The van der Waals surface area contributed by atoms with Crippen LogP contribution >= 0.6 is 0 Å². The number of nitrogens with two attached hydrogens (primary N) is 1. The second kappa shape index (κ2) is 6.77. The van der Waals surface area contributed by atoms with Crippen LogP contribution in [0.4, 0.5) is 0 Å². The molecular weight excluding hydrogens is 208 g/mol. The number of rotatable bonds is 6. The van der Waals surface area contributed by atoms with Crippen molar-refractivity contribution in [1.29, 1.82) is 0 Å². The summed E-state index contributed by atoms with van der Waals surface area (Å²) in [4.78, 5) is 2.34. The Hall–Kier alpha value is -0.860. The Morgan fingerprint density at radius 2 is 1.71 bits per heavy atom. The molecule has 1 unspecified atom stereocenters. The molecule has 0 radical (unpaired) electrons. The molecule has 1 aromatic rings. The van der Waals surface area contributed by atoms with Crippen LogP contribution < -0.4 is 5.73 Å². The molecule has 0 heterocycles. The van der Waals surface area contributed by atoms with Gasteiger partial charge in [0.25, 0.3) is 0 Å². The van der Waals surface area contributed by atoms with Crippen molar-refractivity contribution in [2.75, 3.05) is 20.1 Å². The zero-order chi connectivity index (χ0) is 12.8. The lowest BCUT2D eigenvalue weighted by molar-refractivity contribution is 0.282. The maximum Gasteiger partial charge on any atom is 0.0230 e. The van der Waals surface area contributed by atoms with Crippen molar-refractivity contribution in [3.63, 3.8) is 0 Å². The highest BCUT2D eigenvalue weighted by atomic mass is 15.1. The number of nitrogens with zero attached hydrogens (tertiary/aromatic N) is 1. The molecule has 0 saturated carbocycles. The average molecular weight is 234 g/mol. The van der Waals surface area contributed by atoms with E-state index in [-0.39, 0.29) is 0 Å².